The average Bonchev–Trinajstić information content (AvgIpc) is 3.61. The molecular weight excluding hydrogens is 519 g/mol. The van der Waals surface area contributed by atoms with Crippen molar-refractivity contribution >= 4 is 33.7 Å². The van der Waals surface area contributed by atoms with Crippen LogP contribution in [0.5, 0.6) is 0 Å². The van der Waals surface area contributed by atoms with E-state index < -0.39 is 0 Å². The number of fused-ring (bicyclic) bond motifs is 2. The van der Waals surface area contributed by atoms with E-state index in [0.29, 0.717) is 52.0 Å². The first-order chi connectivity index (χ1) is 20.1. The second-order valence-corrected chi connectivity index (χ2v) is 10.6. The molecule has 0 atom stereocenters. The van der Waals surface area contributed by atoms with Gasteiger partial charge in [-0.2, -0.15) is 5.10 Å². The zero-order valence-electron chi connectivity index (χ0n) is 22.2. The van der Waals surface area contributed by atoms with Gasteiger partial charge in [0.25, 0.3) is 0 Å². The number of carbonyl (C=O) groups is 1. The van der Waals surface area contributed by atoms with E-state index in [2.05, 4.69) is 35.5 Å². The number of pyridine rings is 3. The Morgan fingerprint density at radius 3 is 2.71 bits per heavy atom. The summed E-state index contributed by atoms with van der Waals surface area (Å²) >= 11 is 0. The molecule has 1 aliphatic carbocycles. The monoisotopic (exact) mass is 546 g/mol. The Labute approximate surface area is 234 Å². The zero-order chi connectivity index (χ0) is 27.8. The number of halogens is 1. The fourth-order valence-electron chi connectivity index (χ4n) is 5.67. The first-order valence-corrected chi connectivity index (χ1v) is 13.8. The summed E-state index contributed by atoms with van der Waals surface area (Å²) in [5.41, 5.74) is 6.12. The van der Waals surface area contributed by atoms with Crippen LogP contribution in [-0.2, 0) is 4.79 Å². The van der Waals surface area contributed by atoms with Crippen LogP contribution in [0.1, 0.15) is 38.5 Å². The second kappa shape index (κ2) is 10.5. The minimum absolute atomic E-state index is 0.0264. The lowest BCUT2D eigenvalue weighted by Gasteiger charge is -2.20. The summed E-state index contributed by atoms with van der Waals surface area (Å²) in [4.78, 5) is 34.2. The van der Waals surface area contributed by atoms with E-state index >= 15 is 0 Å². The number of hydrogen-bond acceptors (Lipinski definition) is 6. The number of H-pyrrole nitrogens is 2. The lowest BCUT2D eigenvalue weighted by Crippen LogP contribution is -2.18. The van der Waals surface area contributed by atoms with Gasteiger partial charge in [-0.15, -0.1) is 0 Å². The molecule has 1 aliphatic rings. The van der Waals surface area contributed by atoms with E-state index in [-0.39, 0.29) is 11.7 Å². The molecule has 0 radical (unpaired) electrons. The Morgan fingerprint density at radius 1 is 0.951 bits per heavy atom. The highest BCUT2D eigenvalue weighted by Crippen LogP contribution is 2.32. The molecule has 9 nitrogen and oxygen atoms in total. The minimum Gasteiger partial charge on any atom is -0.336 e. The molecule has 5 aromatic heterocycles. The summed E-state index contributed by atoms with van der Waals surface area (Å²) in [7, 11) is 0. The number of hydrogen-bond donors (Lipinski definition) is 3. The van der Waals surface area contributed by atoms with Gasteiger partial charge in [-0.25, -0.2) is 14.4 Å². The van der Waals surface area contributed by atoms with Gasteiger partial charge in [-0.05, 0) is 49.1 Å². The van der Waals surface area contributed by atoms with Crippen molar-refractivity contribution in [3.63, 3.8) is 0 Å². The highest BCUT2D eigenvalue weighted by molar-refractivity contribution is 5.96. The Bertz CT molecular complexity index is 1890. The van der Waals surface area contributed by atoms with Crippen LogP contribution in [-0.4, -0.2) is 41.0 Å². The topological polar surface area (TPSA) is 125 Å². The molecule has 1 fully saturated rings. The lowest BCUT2D eigenvalue weighted by molar-refractivity contribution is -0.117. The maximum Gasteiger partial charge on any atom is 0.224 e. The largest absolute Gasteiger partial charge is 0.336 e. The fourth-order valence-corrected chi connectivity index (χ4v) is 5.67. The van der Waals surface area contributed by atoms with Crippen LogP contribution in [0.3, 0.4) is 0 Å². The Hall–Kier alpha value is -4.99. The van der Waals surface area contributed by atoms with Crippen molar-refractivity contribution in [1.29, 1.82) is 0 Å². The molecule has 41 heavy (non-hydrogen) atoms. The SMILES string of the molecule is O=C(CC1CCCCC1)Nc1cncc(-c2cnc3[nH]nc(-c4nc5c(-c6cccc(F)c6)nccc5[nH]4)c3c2)c1. The number of nitrogens with one attached hydrogen (secondary N) is 3. The standard InChI is InChI=1S/C31H27FN8O/c32-22-8-4-7-19(12-22)27-29-25(9-10-34-27)37-31(38-29)28-24-14-21(16-35-30(24)40-39-28)20-13-23(17-33-15-20)36-26(41)11-18-5-2-1-3-6-18/h4,7-10,12-18H,1-3,5-6,11H2,(H,36,41)(H,37,38)(H,35,39,40). The highest BCUT2D eigenvalue weighted by atomic mass is 19.1. The quantitative estimate of drug-likeness (QED) is 0.214. The predicted octanol–water partition coefficient (Wildman–Crippen LogP) is 6.67. The molecule has 6 aromatic rings. The average molecular weight is 547 g/mol. The molecule has 204 valence electrons. The van der Waals surface area contributed by atoms with Crippen molar-refractivity contribution in [2.24, 2.45) is 5.92 Å². The maximum absolute atomic E-state index is 13.9. The first-order valence-electron chi connectivity index (χ1n) is 13.8. The first kappa shape index (κ1) is 25.0. The van der Waals surface area contributed by atoms with Crippen molar-refractivity contribution in [2.75, 3.05) is 5.32 Å². The summed E-state index contributed by atoms with van der Waals surface area (Å²) in [6.07, 6.45) is 13.3. The molecule has 7 rings (SSSR count). The molecule has 1 saturated carbocycles. The van der Waals surface area contributed by atoms with E-state index in [4.69, 9.17) is 4.98 Å². The van der Waals surface area contributed by atoms with Crippen LogP contribution in [0.15, 0.2) is 67.3 Å². The minimum atomic E-state index is -0.337. The second-order valence-electron chi connectivity index (χ2n) is 10.6. The van der Waals surface area contributed by atoms with Gasteiger partial charge < -0.3 is 10.3 Å². The molecule has 0 spiro atoms. The number of imidazole rings is 1. The summed E-state index contributed by atoms with van der Waals surface area (Å²) < 4.78 is 13.9. The fraction of sp³-hybridized carbons (Fsp3) is 0.226. The number of aromatic nitrogens is 7. The lowest BCUT2D eigenvalue weighted by atomic mass is 9.87. The Balaban J connectivity index is 1.19. The molecule has 3 N–H and O–H groups in total. The third-order valence-corrected chi connectivity index (χ3v) is 7.69. The summed E-state index contributed by atoms with van der Waals surface area (Å²) in [5.74, 6) is 0.692. The number of aromatic amines is 2. The Morgan fingerprint density at radius 2 is 1.83 bits per heavy atom. The van der Waals surface area contributed by atoms with Gasteiger partial charge in [0.15, 0.2) is 11.5 Å². The number of anilines is 1. The normalized spacial score (nSPS) is 14.1. The number of carbonyl (C=O) groups excluding carboxylic acids is 1. The van der Waals surface area contributed by atoms with Crippen LogP contribution in [0.4, 0.5) is 10.1 Å². The number of nitrogens with zero attached hydrogens (tertiary/aromatic N) is 5. The highest BCUT2D eigenvalue weighted by Gasteiger charge is 2.19. The molecule has 0 aliphatic heterocycles. The van der Waals surface area contributed by atoms with Gasteiger partial charge in [0.2, 0.25) is 5.91 Å². The van der Waals surface area contributed by atoms with E-state index in [1.807, 2.05) is 18.2 Å². The zero-order valence-corrected chi connectivity index (χ0v) is 22.2. The van der Waals surface area contributed by atoms with Crippen LogP contribution < -0.4 is 5.32 Å². The number of amides is 1. The maximum atomic E-state index is 13.9. The molecule has 5 heterocycles. The van der Waals surface area contributed by atoms with Crippen LogP contribution >= 0.6 is 0 Å². The molecule has 0 bridgehead atoms. The van der Waals surface area contributed by atoms with Gasteiger partial charge in [-0.3, -0.25) is 19.9 Å². The van der Waals surface area contributed by atoms with Gasteiger partial charge in [-0.1, -0.05) is 31.4 Å². The summed E-state index contributed by atoms with van der Waals surface area (Å²) in [6, 6.07) is 12.0. The van der Waals surface area contributed by atoms with Crippen molar-refractivity contribution in [3.05, 3.63) is 73.1 Å². The van der Waals surface area contributed by atoms with E-state index in [1.54, 1.807) is 36.9 Å². The van der Waals surface area contributed by atoms with Crippen LogP contribution in [0.25, 0.3) is 56.0 Å². The molecule has 1 amide bonds. The smallest absolute Gasteiger partial charge is 0.224 e. The van der Waals surface area contributed by atoms with Crippen molar-refractivity contribution in [3.8, 4) is 33.9 Å². The molecule has 0 unspecified atom stereocenters. The van der Waals surface area contributed by atoms with Crippen LogP contribution in [0, 0.1) is 11.7 Å². The molecule has 10 heteroatoms. The number of rotatable bonds is 6. The summed E-state index contributed by atoms with van der Waals surface area (Å²) in [6.45, 7) is 0. The summed E-state index contributed by atoms with van der Waals surface area (Å²) in [5, 5.41) is 11.3. The van der Waals surface area contributed by atoms with E-state index in [9.17, 15) is 9.18 Å². The van der Waals surface area contributed by atoms with Crippen LogP contribution in [0.2, 0.25) is 0 Å². The molecule has 1 aromatic carbocycles. The van der Waals surface area contributed by atoms with Crippen molar-refractivity contribution < 1.29 is 9.18 Å². The van der Waals surface area contributed by atoms with Gasteiger partial charge >= 0.3 is 0 Å². The third-order valence-electron chi connectivity index (χ3n) is 7.69. The van der Waals surface area contributed by atoms with E-state index in [0.717, 1.165) is 34.9 Å². The third kappa shape index (κ3) is 5.04. The predicted molar refractivity (Wildman–Crippen MR) is 155 cm³/mol. The van der Waals surface area contributed by atoms with Crippen molar-refractivity contribution in [2.45, 2.75) is 38.5 Å². The van der Waals surface area contributed by atoms with E-state index in [1.165, 1.54) is 31.4 Å². The molecular formula is C31H27FN8O. The van der Waals surface area contributed by atoms with Gasteiger partial charge in [0, 0.05) is 41.7 Å². The Kier molecular flexibility index (Phi) is 6.42. The van der Waals surface area contributed by atoms with Gasteiger partial charge in [0.1, 0.15) is 17.0 Å². The molecule has 0 saturated heterocycles. The number of benzene rings is 1. The van der Waals surface area contributed by atoms with Gasteiger partial charge in [0.05, 0.1) is 28.5 Å². The van der Waals surface area contributed by atoms with Crippen molar-refractivity contribution in [1.82, 2.24) is 35.1 Å².